The number of benzene rings is 1. The molecule has 3 aromatic rings. The fourth-order valence-corrected chi connectivity index (χ4v) is 2.89. The Bertz CT molecular complexity index is 736. The Hall–Kier alpha value is -2.01. The van der Waals surface area contributed by atoms with Gasteiger partial charge < -0.3 is 4.74 Å². The third-order valence-electron chi connectivity index (χ3n) is 2.70. The molecule has 0 fully saturated rings. The van der Waals surface area contributed by atoms with Gasteiger partial charge in [0.25, 0.3) is 0 Å². The molecule has 0 atom stereocenters. The summed E-state index contributed by atoms with van der Waals surface area (Å²) in [4.78, 5) is 20.0. The van der Waals surface area contributed by atoms with Gasteiger partial charge in [0.05, 0.1) is 29.9 Å². The first kappa shape index (κ1) is 11.1. The number of nitrogens with zero attached hydrogens (tertiary/aromatic N) is 2. The molecule has 90 valence electrons. The molecule has 0 aliphatic carbocycles. The van der Waals surface area contributed by atoms with E-state index in [1.54, 1.807) is 6.20 Å². The fourth-order valence-electron chi connectivity index (χ4n) is 1.84. The molecule has 2 heterocycles. The molecule has 0 aliphatic rings. The zero-order valence-corrected chi connectivity index (χ0v) is 10.5. The Balaban J connectivity index is 2.16. The number of para-hydroxylation sites is 1. The van der Waals surface area contributed by atoms with Gasteiger partial charge in [-0.05, 0) is 6.07 Å². The molecule has 0 saturated carbocycles. The molecule has 0 unspecified atom stereocenters. The lowest BCUT2D eigenvalue weighted by Crippen LogP contribution is -2.03. The minimum absolute atomic E-state index is 0.212. The van der Waals surface area contributed by atoms with Crippen LogP contribution in [0.2, 0.25) is 0 Å². The van der Waals surface area contributed by atoms with E-state index in [0.717, 1.165) is 26.1 Å². The van der Waals surface area contributed by atoms with Gasteiger partial charge in [-0.3, -0.25) is 9.78 Å². The lowest BCUT2D eigenvalue weighted by molar-refractivity contribution is -0.139. The minimum Gasteiger partial charge on any atom is -0.469 e. The van der Waals surface area contributed by atoms with Crippen LogP contribution in [-0.4, -0.2) is 23.0 Å². The first-order valence-electron chi connectivity index (χ1n) is 5.48. The Labute approximate surface area is 107 Å². The van der Waals surface area contributed by atoms with Crippen molar-refractivity contribution in [3.63, 3.8) is 0 Å². The summed E-state index contributed by atoms with van der Waals surface area (Å²) >= 11 is 1.52. The van der Waals surface area contributed by atoms with Crippen molar-refractivity contribution >= 4 is 38.4 Å². The highest BCUT2D eigenvalue weighted by molar-refractivity contribution is 7.19. The van der Waals surface area contributed by atoms with Gasteiger partial charge in [-0.25, -0.2) is 4.98 Å². The molecule has 2 aromatic heterocycles. The number of thiazole rings is 1. The highest BCUT2D eigenvalue weighted by Crippen LogP contribution is 2.28. The van der Waals surface area contributed by atoms with E-state index in [0.29, 0.717) is 0 Å². The van der Waals surface area contributed by atoms with Gasteiger partial charge >= 0.3 is 5.97 Å². The molecule has 0 aliphatic heterocycles. The number of ether oxygens (including phenoxy) is 1. The SMILES string of the molecule is COC(=O)Cc1nc2cnc3ccccc3c2s1. The Kier molecular flexibility index (Phi) is 2.68. The average Bonchev–Trinajstić information content (AvgIpc) is 2.81. The molecule has 5 heteroatoms. The maximum Gasteiger partial charge on any atom is 0.312 e. The first-order chi connectivity index (χ1) is 8.78. The van der Waals surface area contributed by atoms with Crippen LogP contribution in [0.1, 0.15) is 5.01 Å². The molecule has 3 rings (SSSR count). The number of pyridine rings is 1. The second-order valence-corrected chi connectivity index (χ2v) is 4.93. The molecule has 0 radical (unpaired) electrons. The normalized spacial score (nSPS) is 10.9. The van der Waals surface area contributed by atoms with Crippen molar-refractivity contribution in [2.24, 2.45) is 0 Å². The van der Waals surface area contributed by atoms with Crippen LogP contribution >= 0.6 is 11.3 Å². The summed E-state index contributed by atoms with van der Waals surface area (Å²) in [5.41, 5.74) is 1.77. The average molecular weight is 258 g/mol. The molecule has 4 nitrogen and oxygen atoms in total. The molecule has 18 heavy (non-hydrogen) atoms. The molecular formula is C13H10N2O2S. The van der Waals surface area contributed by atoms with Crippen molar-refractivity contribution in [1.82, 2.24) is 9.97 Å². The maximum absolute atomic E-state index is 11.3. The molecule has 0 N–H and O–H groups in total. The largest absolute Gasteiger partial charge is 0.469 e. The number of methoxy groups -OCH3 is 1. The Morgan fingerprint density at radius 3 is 3.00 bits per heavy atom. The summed E-state index contributed by atoms with van der Waals surface area (Å²) in [7, 11) is 1.38. The lowest BCUT2D eigenvalue weighted by Gasteiger charge is -1.95. The highest BCUT2D eigenvalue weighted by atomic mass is 32.1. The molecule has 0 saturated heterocycles. The predicted molar refractivity (Wildman–Crippen MR) is 70.6 cm³/mol. The van der Waals surface area contributed by atoms with Crippen molar-refractivity contribution in [1.29, 1.82) is 0 Å². The van der Waals surface area contributed by atoms with Gasteiger partial charge in [0.15, 0.2) is 0 Å². The zero-order chi connectivity index (χ0) is 12.5. The summed E-state index contributed by atoms with van der Waals surface area (Å²) in [5.74, 6) is -0.272. The number of hydrogen-bond acceptors (Lipinski definition) is 5. The molecule has 0 spiro atoms. The highest BCUT2D eigenvalue weighted by Gasteiger charge is 2.11. The molecule has 1 aromatic carbocycles. The van der Waals surface area contributed by atoms with E-state index in [9.17, 15) is 4.79 Å². The van der Waals surface area contributed by atoms with E-state index in [1.165, 1.54) is 18.4 Å². The standard InChI is InChI=1S/C13H10N2O2S/c1-17-12(16)6-11-15-10-7-14-9-5-3-2-4-8(9)13(10)18-11/h2-5,7H,6H2,1H3. The van der Waals surface area contributed by atoms with Crippen LogP contribution in [-0.2, 0) is 16.0 Å². The quantitative estimate of drug-likeness (QED) is 0.663. The summed E-state index contributed by atoms with van der Waals surface area (Å²) < 4.78 is 5.72. The summed E-state index contributed by atoms with van der Waals surface area (Å²) in [6.07, 6.45) is 1.96. The number of carbonyl (C=O) groups is 1. The zero-order valence-electron chi connectivity index (χ0n) is 9.71. The van der Waals surface area contributed by atoms with E-state index in [2.05, 4.69) is 14.7 Å². The summed E-state index contributed by atoms with van der Waals surface area (Å²) in [6.45, 7) is 0. The Morgan fingerprint density at radius 1 is 1.33 bits per heavy atom. The number of carbonyl (C=O) groups excluding carboxylic acids is 1. The van der Waals surface area contributed by atoms with Crippen LogP contribution in [0.3, 0.4) is 0 Å². The Morgan fingerprint density at radius 2 is 2.17 bits per heavy atom. The van der Waals surface area contributed by atoms with Gasteiger partial charge in [0.1, 0.15) is 10.5 Å². The third kappa shape index (κ3) is 1.82. The van der Waals surface area contributed by atoms with Crippen molar-refractivity contribution in [3.8, 4) is 0 Å². The molecule has 0 amide bonds. The second-order valence-electron chi connectivity index (χ2n) is 3.85. The van der Waals surface area contributed by atoms with Gasteiger partial charge in [0.2, 0.25) is 0 Å². The van der Waals surface area contributed by atoms with E-state index >= 15 is 0 Å². The monoisotopic (exact) mass is 258 g/mol. The number of hydrogen-bond donors (Lipinski definition) is 0. The third-order valence-corrected chi connectivity index (χ3v) is 3.80. The van der Waals surface area contributed by atoms with Crippen LogP contribution in [0, 0.1) is 0 Å². The molecule has 0 bridgehead atoms. The second kappa shape index (κ2) is 4.34. The van der Waals surface area contributed by atoms with Crippen molar-refractivity contribution in [2.75, 3.05) is 7.11 Å². The van der Waals surface area contributed by atoms with Gasteiger partial charge in [0, 0.05) is 5.39 Å². The van der Waals surface area contributed by atoms with E-state index in [-0.39, 0.29) is 12.4 Å². The topological polar surface area (TPSA) is 52.1 Å². The lowest BCUT2D eigenvalue weighted by atomic mass is 10.2. The fraction of sp³-hybridized carbons (Fsp3) is 0.154. The van der Waals surface area contributed by atoms with Crippen LogP contribution in [0.25, 0.3) is 21.1 Å². The van der Waals surface area contributed by atoms with Crippen LogP contribution in [0.5, 0.6) is 0 Å². The number of rotatable bonds is 2. The van der Waals surface area contributed by atoms with Crippen molar-refractivity contribution in [3.05, 3.63) is 35.5 Å². The minimum atomic E-state index is -0.272. The van der Waals surface area contributed by atoms with Crippen LogP contribution in [0.4, 0.5) is 0 Å². The maximum atomic E-state index is 11.3. The van der Waals surface area contributed by atoms with Gasteiger partial charge in [-0.15, -0.1) is 11.3 Å². The summed E-state index contributed by atoms with van der Waals surface area (Å²) in [5, 5.41) is 1.83. The summed E-state index contributed by atoms with van der Waals surface area (Å²) in [6, 6.07) is 7.92. The molecular weight excluding hydrogens is 248 g/mol. The van der Waals surface area contributed by atoms with Crippen molar-refractivity contribution < 1.29 is 9.53 Å². The van der Waals surface area contributed by atoms with Gasteiger partial charge in [-0.1, -0.05) is 18.2 Å². The van der Waals surface area contributed by atoms with Gasteiger partial charge in [-0.2, -0.15) is 0 Å². The van der Waals surface area contributed by atoms with Crippen LogP contribution in [0.15, 0.2) is 30.5 Å². The van der Waals surface area contributed by atoms with E-state index in [1.807, 2.05) is 24.3 Å². The van der Waals surface area contributed by atoms with E-state index in [4.69, 9.17) is 0 Å². The van der Waals surface area contributed by atoms with Crippen LogP contribution < -0.4 is 0 Å². The van der Waals surface area contributed by atoms with E-state index < -0.39 is 0 Å². The smallest absolute Gasteiger partial charge is 0.312 e. The number of aromatic nitrogens is 2. The van der Waals surface area contributed by atoms with Crippen molar-refractivity contribution in [2.45, 2.75) is 6.42 Å². The number of fused-ring (bicyclic) bond motifs is 3. The number of esters is 1. The predicted octanol–water partition coefficient (Wildman–Crippen LogP) is 2.56. The first-order valence-corrected chi connectivity index (χ1v) is 6.29.